The summed E-state index contributed by atoms with van der Waals surface area (Å²) < 4.78 is 44.0. The number of hydrogen-bond acceptors (Lipinski definition) is 8. The molecule has 0 aliphatic carbocycles. The summed E-state index contributed by atoms with van der Waals surface area (Å²) in [6.45, 7) is 1.80. The second-order valence-corrected chi connectivity index (χ2v) is 6.35. The summed E-state index contributed by atoms with van der Waals surface area (Å²) >= 11 is 0. The number of nitriles is 1. The Morgan fingerprint density at radius 2 is 2.06 bits per heavy atom. The molecule has 0 aliphatic rings. The zero-order chi connectivity index (χ0) is 23.9. The lowest BCUT2D eigenvalue weighted by molar-refractivity contribution is -0.138. The highest BCUT2D eigenvalue weighted by atomic mass is 19.4. The fourth-order valence-corrected chi connectivity index (χ4v) is 2.61. The average molecular weight is 452 g/mol. The largest absolute Gasteiger partial charge is 0.481 e. The first kappa shape index (κ1) is 24.2. The molecule has 0 radical (unpaired) electrons. The highest BCUT2D eigenvalue weighted by molar-refractivity contribution is 5.97. The summed E-state index contributed by atoms with van der Waals surface area (Å²) in [5.41, 5.74) is 4.32. The number of aromatic nitrogens is 2. The third-order valence-corrected chi connectivity index (χ3v) is 4.02. The van der Waals surface area contributed by atoms with Gasteiger partial charge < -0.3 is 26.2 Å². The highest BCUT2D eigenvalue weighted by Gasteiger charge is 2.31. The van der Waals surface area contributed by atoms with E-state index < -0.39 is 36.1 Å². The van der Waals surface area contributed by atoms with Gasteiger partial charge in [-0.3, -0.25) is 9.59 Å². The predicted molar refractivity (Wildman–Crippen MR) is 107 cm³/mol. The molecule has 0 saturated heterocycles. The van der Waals surface area contributed by atoms with Gasteiger partial charge in [-0.05, 0) is 31.5 Å². The van der Waals surface area contributed by atoms with Crippen LogP contribution in [0.2, 0.25) is 0 Å². The van der Waals surface area contributed by atoms with Crippen LogP contribution < -0.4 is 21.1 Å². The van der Waals surface area contributed by atoms with Crippen LogP contribution in [0, 0.1) is 11.3 Å². The Balaban J connectivity index is 2.34. The van der Waals surface area contributed by atoms with E-state index >= 15 is 0 Å². The lowest BCUT2D eigenvalue weighted by Gasteiger charge is -2.20. The van der Waals surface area contributed by atoms with Gasteiger partial charge in [0.2, 0.25) is 17.7 Å². The quantitative estimate of drug-likeness (QED) is 0.448. The van der Waals surface area contributed by atoms with Gasteiger partial charge >= 0.3 is 12.1 Å². The number of ether oxygens (including phenoxy) is 1. The molecule has 13 heteroatoms. The summed E-state index contributed by atoms with van der Waals surface area (Å²) in [7, 11) is 0. The number of alkyl halides is 3. The minimum atomic E-state index is -4.61. The number of benzene rings is 1. The normalized spacial score (nSPS) is 11.8. The minimum absolute atomic E-state index is 0.139. The van der Waals surface area contributed by atoms with Crippen molar-refractivity contribution in [1.82, 2.24) is 9.97 Å². The molecule has 0 fully saturated rings. The summed E-state index contributed by atoms with van der Waals surface area (Å²) in [6, 6.07) is 4.48. The molecule has 0 unspecified atom stereocenters. The number of aliphatic carboxylic acids is 1. The molecule has 1 heterocycles. The fraction of sp³-hybridized carbons (Fsp3) is 0.316. The van der Waals surface area contributed by atoms with Crippen LogP contribution in [0.1, 0.15) is 30.9 Å². The van der Waals surface area contributed by atoms with E-state index in [0.717, 1.165) is 18.2 Å². The van der Waals surface area contributed by atoms with Crippen molar-refractivity contribution in [2.75, 3.05) is 23.0 Å². The molecule has 0 saturated carbocycles. The van der Waals surface area contributed by atoms with Crippen LogP contribution in [0.15, 0.2) is 24.3 Å². The predicted octanol–water partition coefficient (Wildman–Crippen LogP) is 2.63. The van der Waals surface area contributed by atoms with E-state index in [4.69, 9.17) is 15.6 Å². The number of carbonyl (C=O) groups is 2. The van der Waals surface area contributed by atoms with E-state index in [9.17, 15) is 28.0 Å². The van der Waals surface area contributed by atoms with Crippen LogP contribution in [-0.4, -0.2) is 39.6 Å². The molecule has 0 aliphatic heterocycles. The van der Waals surface area contributed by atoms with Gasteiger partial charge in [0.05, 0.1) is 12.2 Å². The molecule has 1 atom stereocenters. The van der Waals surface area contributed by atoms with Crippen molar-refractivity contribution < 1.29 is 32.6 Å². The zero-order valence-corrected chi connectivity index (χ0v) is 16.7. The molecule has 2 aromatic rings. The maximum Gasteiger partial charge on any atom is 0.416 e. The first-order valence-corrected chi connectivity index (χ1v) is 9.22. The Morgan fingerprint density at radius 1 is 1.34 bits per heavy atom. The number of carboxylic acids is 1. The van der Waals surface area contributed by atoms with Crippen LogP contribution in [0.3, 0.4) is 0 Å². The Kier molecular flexibility index (Phi) is 7.78. The number of nitrogens with two attached hydrogens (primary N) is 1. The Morgan fingerprint density at radius 3 is 2.66 bits per heavy atom. The van der Waals surface area contributed by atoms with Crippen molar-refractivity contribution in [2.24, 2.45) is 0 Å². The van der Waals surface area contributed by atoms with Gasteiger partial charge in [-0.1, -0.05) is 6.07 Å². The third-order valence-electron chi connectivity index (χ3n) is 4.02. The number of rotatable bonds is 9. The van der Waals surface area contributed by atoms with Gasteiger partial charge in [0, 0.05) is 12.1 Å². The summed E-state index contributed by atoms with van der Waals surface area (Å²) in [5, 5.41) is 23.4. The number of carboxylic acid groups (broad SMARTS) is 1. The van der Waals surface area contributed by atoms with E-state index in [2.05, 4.69) is 20.6 Å². The zero-order valence-electron chi connectivity index (χ0n) is 16.7. The monoisotopic (exact) mass is 452 g/mol. The average Bonchev–Trinajstić information content (AvgIpc) is 2.70. The van der Waals surface area contributed by atoms with E-state index in [1.807, 2.05) is 6.07 Å². The summed E-state index contributed by atoms with van der Waals surface area (Å²) in [6.07, 6.45) is -5.33. The number of amides is 1. The van der Waals surface area contributed by atoms with Crippen molar-refractivity contribution in [1.29, 1.82) is 5.26 Å². The summed E-state index contributed by atoms with van der Waals surface area (Å²) in [5.74, 6) is -2.64. The first-order valence-electron chi connectivity index (χ1n) is 9.22. The molecule has 32 heavy (non-hydrogen) atoms. The van der Waals surface area contributed by atoms with E-state index in [1.165, 1.54) is 6.07 Å². The Bertz CT molecular complexity index is 1040. The maximum absolute atomic E-state index is 12.9. The van der Waals surface area contributed by atoms with Crippen molar-refractivity contribution in [2.45, 2.75) is 32.0 Å². The van der Waals surface area contributed by atoms with Crippen LogP contribution in [0.4, 0.5) is 30.6 Å². The summed E-state index contributed by atoms with van der Waals surface area (Å²) in [4.78, 5) is 31.4. The SMILES string of the molecule is CCOc1nc(N)nc(N[C@@H](CCC(=O)O)C(=O)Nc2cccc(C(F)(F)F)c2)c1C#N. The van der Waals surface area contributed by atoms with E-state index in [1.54, 1.807) is 6.92 Å². The first-order chi connectivity index (χ1) is 15.0. The van der Waals surface area contributed by atoms with Crippen LogP contribution in [0.25, 0.3) is 0 Å². The third kappa shape index (κ3) is 6.46. The molecule has 1 aromatic heterocycles. The van der Waals surface area contributed by atoms with E-state index in [-0.39, 0.29) is 41.9 Å². The van der Waals surface area contributed by atoms with Crippen molar-refractivity contribution in [3.63, 3.8) is 0 Å². The number of nitrogens with one attached hydrogen (secondary N) is 2. The van der Waals surface area contributed by atoms with Gasteiger partial charge in [0.1, 0.15) is 12.1 Å². The van der Waals surface area contributed by atoms with Gasteiger partial charge in [-0.15, -0.1) is 0 Å². The van der Waals surface area contributed by atoms with Gasteiger partial charge in [0.15, 0.2) is 11.4 Å². The number of halogens is 3. The molecule has 5 N–H and O–H groups in total. The number of carbonyl (C=O) groups excluding carboxylic acids is 1. The second-order valence-electron chi connectivity index (χ2n) is 6.35. The van der Waals surface area contributed by atoms with Crippen LogP contribution in [-0.2, 0) is 15.8 Å². The maximum atomic E-state index is 12.9. The van der Waals surface area contributed by atoms with Crippen molar-refractivity contribution in [3.8, 4) is 11.9 Å². The molecule has 170 valence electrons. The molecule has 2 rings (SSSR count). The Labute approximate surface area is 180 Å². The fourth-order valence-electron chi connectivity index (χ4n) is 2.61. The Hall–Kier alpha value is -4.08. The number of hydrogen-bond donors (Lipinski definition) is 4. The van der Waals surface area contributed by atoms with Crippen molar-refractivity contribution in [3.05, 3.63) is 35.4 Å². The van der Waals surface area contributed by atoms with Crippen LogP contribution in [0.5, 0.6) is 5.88 Å². The topological polar surface area (TPSA) is 163 Å². The van der Waals surface area contributed by atoms with Gasteiger partial charge in [0.25, 0.3) is 0 Å². The number of nitrogen functional groups attached to an aromatic ring is 1. The molecule has 0 spiro atoms. The molecule has 1 amide bonds. The highest BCUT2D eigenvalue weighted by Crippen LogP contribution is 2.31. The smallest absolute Gasteiger partial charge is 0.416 e. The standard InChI is InChI=1S/C19H19F3N6O4/c1-2-32-17-12(9-23)15(27-18(24)28-17)26-13(6-7-14(29)30)16(31)25-11-5-3-4-10(8-11)19(20,21)22/h3-5,8,13H,2,6-7H2,1H3,(H,25,31)(H,29,30)(H3,24,26,27,28)/t13-/m0/s1. The molecular weight excluding hydrogens is 433 g/mol. The molecular formula is C19H19F3N6O4. The lowest BCUT2D eigenvalue weighted by atomic mass is 10.1. The van der Waals surface area contributed by atoms with Gasteiger partial charge in [-0.25, -0.2) is 0 Å². The molecule has 10 nitrogen and oxygen atoms in total. The second kappa shape index (κ2) is 10.3. The minimum Gasteiger partial charge on any atom is -0.481 e. The van der Waals surface area contributed by atoms with Crippen LogP contribution >= 0.6 is 0 Å². The molecule has 1 aromatic carbocycles. The van der Waals surface area contributed by atoms with Crippen molar-refractivity contribution >= 4 is 29.3 Å². The number of nitrogens with zero attached hydrogens (tertiary/aromatic N) is 3. The van der Waals surface area contributed by atoms with E-state index in [0.29, 0.717) is 0 Å². The van der Waals surface area contributed by atoms with Gasteiger partial charge in [-0.2, -0.15) is 28.4 Å². The molecule has 0 bridgehead atoms. The lowest BCUT2D eigenvalue weighted by Crippen LogP contribution is -2.36. The number of anilines is 3.